The number of fused-ring (bicyclic) bond motifs is 1. The molecule has 2 aromatic rings. The molecule has 2 N–H and O–H groups in total. The molecule has 0 aliphatic carbocycles. The topological polar surface area (TPSA) is 109 Å². The van der Waals surface area contributed by atoms with Crippen molar-refractivity contribution in [2.45, 2.75) is 12.5 Å². The number of nitrogens with zero attached hydrogens (tertiary/aromatic N) is 2. The zero-order valence-electron chi connectivity index (χ0n) is 19.7. The number of benzene rings is 2. The zero-order valence-corrected chi connectivity index (χ0v) is 21.3. The first-order valence-corrected chi connectivity index (χ1v) is 11.9. The van der Waals surface area contributed by atoms with Crippen molar-refractivity contribution in [3.8, 4) is 23.0 Å². The van der Waals surface area contributed by atoms with Gasteiger partial charge >= 0.3 is 0 Å². The number of aliphatic hydroxyl groups excluding tert-OH is 1. The van der Waals surface area contributed by atoms with Crippen molar-refractivity contribution >= 4 is 33.4 Å². The summed E-state index contributed by atoms with van der Waals surface area (Å²) in [6.07, 6.45) is 0.622. The summed E-state index contributed by atoms with van der Waals surface area (Å²) >= 11 is 3.32. The number of aromatic hydroxyl groups is 1. The predicted octanol–water partition coefficient (Wildman–Crippen LogP) is 3.31. The van der Waals surface area contributed by atoms with Gasteiger partial charge in [-0.1, -0.05) is 0 Å². The molecule has 1 saturated heterocycles. The van der Waals surface area contributed by atoms with Gasteiger partial charge in [0.25, 0.3) is 11.7 Å². The Kier molecular flexibility index (Phi) is 7.23. The van der Waals surface area contributed by atoms with Gasteiger partial charge in [0.1, 0.15) is 19.0 Å². The average Bonchev–Trinajstić information content (AvgIpc) is 3.09. The number of methoxy groups -OCH3 is 1. The van der Waals surface area contributed by atoms with E-state index in [0.29, 0.717) is 59.8 Å². The normalized spacial score (nSPS) is 18.9. The molecular weight excluding hydrogens is 520 g/mol. The molecule has 0 bridgehead atoms. The van der Waals surface area contributed by atoms with Crippen LogP contribution < -0.4 is 14.2 Å². The van der Waals surface area contributed by atoms with Crippen LogP contribution in [0.3, 0.4) is 0 Å². The molecule has 1 fully saturated rings. The van der Waals surface area contributed by atoms with Gasteiger partial charge in [-0.25, -0.2) is 0 Å². The Balaban J connectivity index is 1.84. The summed E-state index contributed by atoms with van der Waals surface area (Å²) < 4.78 is 16.8. The van der Waals surface area contributed by atoms with Gasteiger partial charge < -0.3 is 34.2 Å². The highest BCUT2D eigenvalue weighted by atomic mass is 79.9. The number of ketones is 1. The minimum absolute atomic E-state index is 0.0452. The number of carbonyl (C=O) groups excluding carboxylic acids is 2. The van der Waals surface area contributed by atoms with Crippen molar-refractivity contribution in [1.29, 1.82) is 0 Å². The third-order valence-electron chi connectivity index (χ3n) is 5.95. The van der Waals surface area contributed by atoms with Crippen LogP contribution in [0.2, 0.25) is 0 Å². The predicted molar refractivity (Wildman–Crippen MR) is 132 cm³/mol. The van der Waals surface area contributed by atoms with Crippen molar-refractivity contribution < 1.29 is 34.0 Å². The Bertz CT molecular complexity index is 1190. The molecule has 2 aliphatic heterocycles. The van der Waals surface area contributed by atoms with Gasteiger partial charge in [0.2, 0.25) is 0 Å². The van der Waals surface area contributed by atoms with Crippen LogP contribution in [0.25, 0.3) is 5.76 Å². The molecule has 2 heterocycles. The number of ether oxygens (including phenoxy) is 3. The summed E-state index contributed by atoms with van der Waals surface area (Å²) in [6, 6.07) is 7.17. The second kappa shape index (κ2) is 10.2. The van der Waals surface area contributed by atoms with Crippen LogP contribution in [-0.4, -0.2) is 79.2 Å². The lowest BCUT2D eigenvalue weighted by Crippen LogP contribution is -2.32. The van der Waals surface area contributed by atoms with Crippen LogP contribution in [0.5, 0.6) is 23.0 Å². The molecule has 0 spiro atoms. The minimum atomic E-state index is -0.879. The smallest absolute Gasteiger partial charge is 0.295 e. The Labute approximate surface area is 211 Å². The number of rotatable bonds is 7. The number of hydrogen-bond acceptors (Lipinski definition) is 8. The summed E-state index contributed by atoms with van der Waals surface area (Å²) in [5.41, 5.74) is 0.793. The molecule has 2 aliphatic rings. The van der Waals surface area contributed by atoms with E-state index in [1.165, 1.54) is 12.0 Å². The fourth-order valence-electron chi connectivity index (χ4n) is 4.27. The van der Waals surface area contributed by atoms with E-state index in [-0.39, 0.29) is 22.8 Å². The van der Waals surface area contributed by atoms with Crippen molar-refractivity contribution in [2.24, 2.45) is 0 Å². The molecule has 2 aromatic carbocycles. The number of halogens is 1. The van der Waals surface area contributed by atoms with Crippen LogP contribution in [0.1, 0.15) is 23.6 Å². The third-order valence-corrected chi connectivity index (χ3v) is 6.55. The highest BCUT2D eigenvalue weighted by molar-refractivity contribution is 9.10. The number of phenols is 1. The van der Waals surface area contributed by atoms with Crippen LogP contribution >= 0.6 is 15.9 Å². The first-order valence-electron chi connectivity index (χ1n) is 11.1. The largest absolute Gasteiger partial charge is 0.507 e. The molecule has 0 saturated carbocycles. The van der Waals surface area contributed by atoms with Gasteiger partial charge in [0.15, 0.2) is 23.0 Å². The van der Waals surface area contributed by atoms with Gasteiger partial charge in [0, 0.05) is 12.1 Å². The first kappa shape index (κ1) is 24.9. The van der Waals surface area contributed by atoms with Gasteiger partial charge in [-0.3, -0.25) is 9.59 Å². The van der Waals surface area contributed by atoms with Crippen LogP contribution in [0.4, 0.5) is 0 Å². The minimum Gasteiger partial charge on any atom is -0.507 e. The molecule has 35 heavy (non-hydrogen) atoms. The van der Waals surface area contributed by atoms with E-state index in [4.69, 9.17) is 14.2 Å². The lowest BCUT2D eigenvalue weighted by molar-refractivity contribution is -0.139. The molecule has 0 aromatic heterocycles. The maximum absolute atomic E-state index is 13.2. The maximum atomic E-state index is 13.2. The van der Waals surface area contributed by atoms with E-state index in [1.807, 2.05) is 19.0 Å². The fraction of sp³-hybridized carbons (Fsp3) is 0.360. The second-order valence-electron chi connectivity index (χ2n) is 8.56. The lowest BCUT2D eigenvalue weighted by atomic mass is 9.94. The van der Waals surface area contributed by atoms with E-state index < -0.39 is 17.7 Å². The number of aliphatic hydroxyl groups is 1. The molecule has 0 unspecified atom stereocenters. The van der Waals surface area contributed by atoms with Crippen LogP contribution in [-0.2, 0) is 9.59 Å². The highest BCUT2D eigenvalue weighted by Gasteiger charge is 2.46. The molecule has 1 amide bonds. The number of amides is 1. The number of likely N-dealkylation sites (tertiary alicyclic amines) is 1. The fourth-order valence-corrected chi connectivity index (χ4v) is 4.73. The quantitative estimate of drug-likeness (QED) is 0.309. The summed E-state index contributed by atoms with van der Waals surface area (Å²) in [6.45, 7) is 1.80. The zero-order chi connectivity index (χ0) is 25.3. The SMILES string of the molecule is COc1cc([C@@H]2C(=C(O)c3ccc4c(c3)OCCO4)C(=O)C(=O)N2CCCN(C)C)cc(Br)c1O. The summed E-state index contributed by atoms with van der Waals surface area (Å²) in [7, 11) is 5.26. The van der Waals surface area contributed by atoms with Crippen LogP contribution in [0, 0.1) is 0 Å². The average molecular weight is 547 g/mol. The number of phenolic OH excluding ortho intramolecular Hbond substituents is 1. The van der Waals surface area contributed by atoms with Crippen molar-refractivity contribution in [1.82, 2.24) is 9.80 Å². The summed E-state index contributed by atoms with van der Waals surface area (Å²) in [4.78, 5) is 29.8. The first-order chi connectivity index (χ1) is 16.7. The van der Waals surface area contributed by atoms with Gasteiger partial charge in [-0.05, 0) is 78.9 Å². The van der Waals surface area contributed by atoms with E-state index in [1.54, 1.807) is 30.3 Å². The van der Waals surface area contributed by atoms with E-state index in [9.17, 15) is 19.8 Å². The van der Waals surface area contributed by atoms with Crippen molar-refractivity contribution in [2.75, 3.05) is 47.5 Å². The Hall–Kier alpha value is -3.24. The van der Waals surface area contributed by atoms with Crippen molar-refractivity contribution in [3.63, 3.8) is 0 Å². The van der Waals surface area contributed by atoms with Gasteiger partial charge in [0.05, 0.1) is 23.2 Å². The van der Waals surface area contributed by atoms with E-state index >= 15 is 0 Å². The second-order valence-corrected chi connectivity index (χ2v) is 9.42. The van der Waals surface area contributed by atoms with Crippen LogP contribution in [0.15, 0.2) is 40.4 Å². The van der Waals surface area contributed by atoms with Crippen molar-refractivity contribution in [3.05, 3.63) is 51.5 Å². The Morgan fingerprint density at radius 3 is 2.57 bits per heavy atom. The standard InChI is InChI=1S/C25H27BrN2O7/c1-27(2)7-4-8-28-21(15-11-16(26)23(30)19(13-15)33-3)20(24(31)25(28)32)22(29)14-5-6-17-18(12-14)35-10-9-34-17/h5-6,11-13,21,29-30H,4,7-10H2,1-3H3/t21-/m1/s1. The number of hydrogen-bond donors (Lipinski definition) is 2. The molecule has 9 nitrogen and oxygen atoms in total. The third kappa shape index (κ3) is 4.81. The number of Topliss-reactive ketones (excluding diaryl/α,β-unsaturated/α-hetero) is 1. The lowest BCUT2D eigenvalue weighted by Gasteiger charge is -2.26. The number of carbonyl (C=O) groups is 2. The molecule has 10 heteroatoms. The van der Waals surface area contributed by atoms with Gasteiger partial charge in [-0.2, -0.15) is 0 Å². The van der Waals surface area contributed by atoms with E-state index in [0.717, 1.165) is 0 Å². The Morgan fingerprint density at radius 2 is 1.89 bits per heavy atom. The van der Waals surface area contributed by atoms with Gasteiger partial charge in [-0.15, -0.1) is 0 Å². The monoisotopic (exact) mass is 546 g/mol. The molecule has 4 rings (SSSR count). The summed E-state index contributed by atoms with van der Waals surface area (Å²) in [5.74, 6) is -0.734. The molecular formula is C25H27BrN2O7. The highest BCUT2D eigenvalue weighted by Crippen LogP contribution is 2.45. The molecule has 186 valence electrons. The maximum Gasteiger partial charge on any atom is 0.295 e. The molecule has 0 radical (unpaired) electrons. The Morgan fingerprint density at radius 1 is 1.17 bits per heavy atom. The summed E-state index contributed by atoms with van der Waals surface area (Å²) in [5, 5.41) is 21.6. The van der Waals surface area contributed by atoms with E-state index in [2.05, 4.69) is 15.9 Å². The molecule has 1 atom stereocenters.